The molecule has 194 valence electrons. The zero-order valence-electron chi connectivity index (χ0n) is 24.2. The normalized spacial score (nSPS) is 20.5. The van der Waals surface area contributed by atoms with Gasteiger partial charge < -0.3 is 14.9 Å². The number of hydrogen-bond donors (Lipinski definition) is 1. The lowest BCUT2D eigenvalue weighted by Crippen LogP contribution is -2.54. The van der Waals surface area contributed by atoms with Crippen LogP contribution >= 0.6 is 0 Å². The van der Waals surface area contributed by atoms with Gasteiger partial charge in [0.2, 0.25) is 0 Å². The third-order valence-electron chi connectivity index (χ3n) is 6.83. The molecule has 3 heteroatoms. The molecule has 0 radical (unpaired) electrons. The molecule has 1 aromatic rings. The Morgan fingerprint density at radius 2 is 1.74 bits per heavy atom. The summed E-state index contributed by atoms with van der Waals surface area (Å²) in [5.41, 5.74) is 4.22. The molecule has 2 rings (SSSR count). The number of anilines is 1. The molecule has 1 aromatic carbocycles. The van der Waals surface area contributed by atoms with E-state index in [2.05, 4.69) is 108 Å². The van der Waals surface area contributed by atoms with Gasteiger partial charge in [0.25, 0.3) is 0 Å². The van der Waals surface area contributed by atoms with Gasteiger partial charge >= 0.3 is 0 Å². The molecular weight excluding hydrogens is 428 g/mol. The summed E-state index contributed by atoms with van der Waals surface area (Å²) in [4.78, 5) is 4.41. The average molecular weight is 479 g/mol. The lowest BCUT2D eigenvalue weighted by Gasteiger charge is -2.41. The van der Waals surface area contributed by atoms with Crippen molar-refractivity contribution in [3.8, 4) is 0 Å². The Morgan fingerprint density at radius 3 is 2.23 bits per heavy atom. The van der Waals surface area contributed by atoms with Crippen molar-refractivity contribution >= 4 is 5.69 Å². The highest BCUT2D eigenvalue weighted by atomic mass is 16.3. The molecule has 3 nitrogen and oxygen atoms in total. The summed E-state index contributed by atoms with van der Waals surface area (Å²) < 4.78 is 0. The lowest BCUT2D eigenvalue weighted by atomic mass is 9.77. The van der Waals surface area contributed by atoms with Crippen LogP contribution in [0.4, 0.5) is 5.69 Å². The Balaban J connectivity index is 0.00000298. The van der Waals surface area contributed by atoms with Crippen molar-refractivity contribution in [3.63, 3.8) is 0 Å². The van der Waals surface area contributed by atoms with Gasteiger partial charge in [0.15, 0.2) is 5.72 Å². The van der Waals surface area contributed by atoms with Gasteiger partial charge in [0, 0.05) is 35.6 Å². The Bertz CT molecular complexity index is 972. The van der Waals surface area contributed by atoms with Crippen molar-refractivity contribution < 1.29 is 5.11 Å². The quantitative estimate of drug-likeness (QED) is 0.380. The second-order valence-electron chi connectivity index (χ2n) is 10.3. The van der Waals surface area contributed by atoms with E-state index in [0.29, 0.717) is 0 Å². The fourth-order valence-corrected chi connectivity index (χ4v) is 4.97. The summed E-state index contributed by atoms with van der Waals surface area (Å²) in [6.07, 6.45) is 12.3. The summed E-state index contributed by atoms with van der Waals surface area (Å²) in [6.45, 7) is 29.0. The Kier molecular flexibility index (Phi) is 10.8. The van der Waals surface area contributed by atoms with Crippen LogP contribution in [0, 0.1) is 5.41 Å². The van der Waals surface area contributed by atoms with E-state index in [1.807, 2.05) is 45.1 Å². The lowest BCUT2D eigenvalue weighted by molar-refractivity contribution is 0.0305. The van der Waals surface area contributed by atoms with E-state index >= 15 is 0 Å². The highest BCUT2D eigenvalue weighted by Gasteiger charge is 2.53. The second kappa shape index (κ2) is 12.4. The SMILES string of the molecule is C=C/C(=C(\C=C/C)N(CC)/C(C)=C/C=C/C1(O)N(CC)c2ccccc2C1(C)C)C(C)(C)C.CC. The zero-order chi connectivity index (χ0) is 27.0. The van der Waals surface area contributed by atoms with Crippen LogP contribution in [0.2, 0.25) is 0 Å². The predicted octanol–water partition coefficient (Wildman–Crippen LogP) is 8.36. The third kappa shape index (κ3) is 6.01. The van der Waals surface area contributed by atoms with Gasteiger partial charge in [0.1, 0.15) is 0 Å². The van der Waals surface area contributed by atoms with Gasteiger partial charge in [-0.15, -0.1) is 0 Å². The molecule has 1 heterocycles. The highest BCUT2D eigenvalue weighted by molar-refractivity contribution is 5.67. The average Bonchev–Trinajstić information content (AvgIpc) is 2.97. The van der Waals surface area contributed by atoms with Gasteiger partial charge in [-0.25, -0.2) is 0 Å². The molecule has 0 spiro atoms. The van der Waals surface area contributed by atoms with E-state index in [1.54, 1.807) is 0 Å². The van der Waals surface area contributed by atoms with Crippen LogP contribution in [0.15, 0.2) is 84.3 Å². The molecule has 1 N–H and O–H groups in total. The molecule has 1 aliphatic heterocycles. The standard InChI is InChI=1S/C30H44N2O.C2H6/c1-11-18-26(24(12-2)28(6,7)8)31(13-3)23(5)19-17-22-30(33)29(9,10)25-20-15-16-21-27(25)32(30)14-4;1-2/h11-12,15-22,33H,2,13-14H2,1,3-10H3;1-2H3/b18-11-,22-17+,23-19+,26-24-;. The molecule has 0 fully saturated rings. The predicted molar refractivity (Wildman–Crippen MR) is 156 cm³/mol. The maximum Gasteiger partial charge on any atom is 0.167 e. The maximum atomic E-state index is 11.9. The molecule has 1 aliphatic rings. The van der Waals surface area contributed by atoms with E-state index in [9.17, 15) is 5.11 Å². The Labute approximate surface area is 216 Å². The molecule has 1 atom stereocenters. The number of likely N-dealkylation sites (N-methyl/N-ethyl adjacent to an activating group) is 2. The van der Waals surface area contributed by atoms with Crippen LogP contribution in [0.3, 0.4) is 0 Å². The van der Waals surface area contributed by atoms with Gasteiger partial charge in [-0.3, -0.25) is 0 Å². The Morgan fingerprint density at radius 1 is 1.14 bits per heavy atom. The second-order valence-corrected chi connectivity index (χ2v) is 10.3. The van der Waals surface area contributed by atoms with Gasteiger partial charge in [-0.2, -0.15) is 0 Å². The Hall–Kier alpha value is -2.52. The monoisotopic (exact) mass is 478 g/mol. The fraction of sp³-hybridized carbons (Fsp3) is 0.500. The first kappa shape index (κ1) is 30.5. The summed E-state index contributed by atoms with van der Waals surface area (Å²) in [6, 6.07) is 8.32. The van der Waals surface area contributed by atoms with E-state index in [0.717, 1.165) is 30.2 Å². The van der Waals surface area contributed by atoms with Crippen molar-refractivity contribution in [2.24, 2.45) is 5.41 Å². The van der Waals surface area contributed by atoms with E-state index in [1.165, 1.54) is 11.1 Å². The fourth-order valence-electron chi connectivity index (χ4n) is 4.97. The number of rotatable bonds is 8. The largest absolute Gasteiger partial charge is 0.366 e. The molecular formula is C32H50N2O. The van der Waals surface area contributed by atoms with Gasteiger partial charge in [0.05, 0.1) is 0 Å². The van der Waals surface area contributed by atoms with Crippen molar-refractivity contribution in [1.82, 2.24) is 4.90 Å². The number of aliphatic hydroxyl groups is 1. The molecule has 0 amide bonds. The van der Waals surface area contributed by atoms with Crippen LogP contribution in [0.25, 0.3) is 0 Å². The summed E-state index contributed by atoms with van der Waals surface area (Å²) in [7, 11) is 0. The number of allylic oxidation sites excluding steroid dienone is 7. The third-order valence-corrected chi connectivity index (χ3v) is 6.83. The van der Waals surface area contributed by atoms with Crippen LogP contribution in [-0.4, -0.2) is 28.8 Å². The van der Waals surface area contributed by atoms with E-state index in [-0.39, 0.29) is 5.41 Å². The number of hydrogen-bond acceptors (Lipinski definition) is 3. The summed E-state index contributed by atoms with van der Waals surface area (Å²) in [5, 5.41) is 11.9. The van der Waals surface area contributed by atoms with Gasteiger partial charge in [-0.05, 0) is 68.5 Å². The van der Waals surface area contributed by atoms with Crippen molar-refractivity contribution in [2.45, 2.75) is 87.3 Å². The molecule has 0 aromatic heterocycles. The molecule has 0 saturated heterocycles. The van der Waals surface area contributed by atoms with Crippen LogP contribution < -0.4 is 4.90 Å². The van der Waals surface area contributed by atoms with Gasteiger partial charge in [-0.1, -0.05) is 91.5 Å². The van der Waals surface area contributed by atoms with Crippen LogP contribution in [0.1, 0.15) is 81.7 Å². The first-order valence-electron chi connectivity index (χ1n) is 13.1. The zero-order valence-corrected chi connectivity index (χ0v) is 24.2. The molecule has 0 saturated carbocycles. The molecule has 0 bridgehead atoms. The van der Waals surface area contributed by atoms with Crippen LogP contribution in [0.5, 0.6) is 0 Å². The highest BCUT2D eigenvalue weighted by Crippen LogP contribution is 2.50. The number of fused-ring (bicyclic) bond motifs is 1. The smallest absolute Gasteiger partial charge is 0.167 e. The molecule has 1 unspecified atom stereocenters. The number of para-hydroxylation sites is 1. The molecule has 35 heavy (non-hydrogen) atoms. The van der Waals surface area contributed by atoms with E-state index < -0.39 is 11.1 Å². The first-order valence-corrected chi connectivity index (χ1v) is 13.1. The van der Waals surface area contributed by atoms with Crippen molar-refractivity contribution in [2.75, 3.05) is 18.0 Å². The number of benzene rings is 1. The first-order chi connectivity index (χ1) is 16.4. The number of nitrogens with zero attached hydrogens (tertiary/aromatic N) is 2. The van der Waals surface area contributed by atoms with Crippen LogP contribution in [-0.2, 0) is 5.41 Å². The summed E-state index contributed by atoms with van der Waals surface area (Å²) >= 11 is 0. The molecule has 0 aliphatic carbocycles. The minimum Gasteiger partial charge on any atom is -0.366 e. The minimum absolute atomic E-state index is 0.0173. The maximum absolute atomic E-state index is 11.9. The summed E-state index contributed by atoms with van der Waals surface area (Å²) in [5.74, 6) is 0. The van der Waals surface area contributed by atoms with Crippen molar-refractivity contribution in [3.05, 3.63) is 89.8 Å². The minimum atomic E-state index is -1.10. The van der Waals surface area contributed by atoms with E-state index in [4.69, 9.17) is 0 Å². The topological polar surface area (TPSA) is 26.7 Å². The van der Waals surface area contributed by atoms with Crippen molar-refractivity contribution in [1.29, 1.82) is 0 Å².